The molecule has 0 aliphatic rings. The fraction of sp³-hybridized carbons (Fsp3) is 0.105. The maximum atomic E-state index is 14.1. The number of para-hydroxylation sites is 1. The van der Waals surface area contributed by atoms with Gasteiger partial charge < -0.3 is 4.74 Å². The first-order chi connectivity index (χ1) is 13.3. The largest absolute Gasteiger partial charge is 0.456 e. The van der Waals surface area contributed by atoms with Crippen LogP contribution in [0.3, 0.4) is 0 Å². The average molecular weight is 406 g/mol. The number of amides is 1. The van der Waals surface area contributed by atoms with Crippen LogP contribution in [-0.2, 0) is 16.1 Å². The molecule has 0 aliphatic carbocycles. The van der Waals surface area contributed by atoms with Gasteiger partial charge in [-0.2, -0.15) is 0 Å². The Balaban J connectivity index is 1.75. The van der Waals surface area contributed by atoms with Crippen LogP contribution in [0.25, 0.3) is 0 Å². The number of benzene rings is 2. The quantitative estimate of drug-likeness (QED) is 0.581. The first kappa shape index (κ1) is 19.6. The third kappa shape index (κ3) is 4.37. The van der Waals surface area contributed by atoms with E-state index in [4.69, 9.17) is 4.74 Å². The van der Waals surface area contributed by atoms with Crippen LogP contribution >= 0.6 is 11.3 Å². The minimum Gasteiger partial charge on any atom is -0.456 e. The average Bonchev–Trinajstić information content (AvgIpc) is 3.09. The second-order valence-corrected chi connectivity index (χ2v) is 6.50. The molecule has 0 saturated carbocycles. The summed E-state index contributed by atoms with van der Waals surface area (Å²) >= 11 is 1.06. The van der Waals surface area contributed by atoms with E-state index < -0.39 is 29.3 Å². The molecule has 3 aromatic rings. The monoisotopic (exact) mass is 406 g/mol. The standard InChI is InChI=1S/C19H13F3N2O3S/c1-11(25)24(17-5-3-2-4-16(17)22)19-23-15(10-28-19)9-27-18(26)12-6-13(20)8-14(21)7-12/h2-8,10H,9H2,1H3. The molecule has 2 aromatic carbocycles. The summed E-state index contributed by atoms with van der Waals surface area (Å²) in [5.41, 5.74) is 0.0700. The van der Waals surface area contributed by atoms with Crippen LogP contribution in [0.1, 0.15) is 23.0 Å². The summed E-state index contributed by atoms with van der Waals surface area (Å²) in [6.45, 7) is 0.989. The van der Waals surface area contributed by atoms with Crippen molar-refractivity contribution in [2.24, 2.45) is 0 Å². The van der Waals surface area contributed by atoms with Gasteiger partial charge in [0.2, 0.25) is 5.91 Å². The van der Waals surface area contributed by atoms with E-state index in [1.807, 2.05) is 0 Å². The Morgan fingerprint density at radius 3 is 2.43 bits per heavy atom. The van der Waals surface area contributed by atoms with Crippen molar-refractivity contribution in [1.29, 1.82) is 0 Å². The van der Waals surface area contributed by atoms with Crippen LogP contribution in [0.4, 0.5) is 24.0 Å². The number of carbonyl (C=O) groups is 2. The zero-order valence-corrected chi connectivity index (χ0v) is 15.3. The van der Waals surface area contributed by atoms with E-state index >= 15 is 0 Å². The van der Waals surface area contributed by atoms with Gasteiger partial charge in [0.15, 0.2) is 5.13 Å². The van der Waals surface area contributed by atoms with E-state index in [1.54, 1.807) is 6.07 Å². The summed E-state index contributed by atoms with van der Waals surface area (Å²) in [5.74, 6) is -3.76. The molecule has 0 bridgehead atoms. The van der Waals surface area contributed by atoms with Crippen LogP contribution in [0.2, 0.25) is 0 Å². The molecule has 28 heavy (non-hydrogen) atoms. The van der Waals surface area contributed by atoms with Crippen LogP contribution < -0.4 is 4.90 Å². The molecular formula is C19H13F3N2O3S. The maximum absolute atomic E-state index is 14.1. The lowest BCUT2D eigenvalue weighted by atomic mass is 10.2. The summed E-state index contributed by atoms with van der Waals surface area (Å²) in [4.78, 5) is 29.2. The minimum atomic E-state index is -0.925. The third-order valence-electron chi connectivity index (χ3n) is 3.59. The zero-order valence-electron chi connectivity index (χ0n) is 14.5. The van der Waals surface area contributed by atoms with Gasteiger partial charge in [-0.05, 0) is 24.3 Å². The van der Waals surface area contributed by atoms with Crippen LogP contribution in [-0.4, -0.2) is 16.9 Å². The zero-order chi connectivity index (χ0) is 20.3. The molecule has 5 nitrogen and oxygen atoms in total. The van der Waals surface area contributed by atoms with Gasteiger partial charge in [0, 0.05) is 18.4 Å². The van der Waals surface area contributed by atoms with Crippen molar-refractivity contribution in [2.75, 3.05) is 4.90 Å². The van der Waals surface area contributed by atoms with Gasteiger partial charge in [-0.1, -0.05) is 12.1 Å². The van der Waals surface area contributed by atoms with Gasteiger partial charge in [0.05, 0.1) is 16.9 Å². The van der Waals surface area contributed by atoms with Crippen molar-refractivity contribution < 1.29 is 27.5 Å². The summed E-state index contributed by atoms with van der Waals surface area (Å²) in [6, 6.07) is 8.10. The molecule has 0 saturated heterocycles. The molecule has 9 heteroatoms. The maximum Gasteiger partial charge on any atom is 0.338 e. The Kier molecular flexibility index (Phi) is 5.74. The van der Waals surface area contributed by atoms with E-state index in [0.29, 0.717) is 11.8 Å². The first-order valence-corrected chi connectivity index (χ1v) is 8.86. The van der Waals surface area contributed by atoms with Gasteiger partial charge >= 0.3 is 5.97 Å². The van der Waals surface area contributed by atoms with Crippen molar-refractivity contribution in [3.05, 3.63) is 76.6 Å². The molecule has 0 atom stereocenters. The highest BCUT2D eigenvalue weighted by molar-refractivity contribution is 7.14. The lowest BCUT2D eigenvalue weighted by Gasteiger charge is -2.18. The van der Waals surface area contributed by atoms with Gasteiger partial charge in [-0.3, -0.25) is 9.69 Å². The fourth-order valence-corrected chi connectivity index (χ4v) is 3.26. The van der Waals surface area contributed by atoms with Gasteiger partial charge in [-0.15, -0.1) is 11.3 Å². The number of nitrogens with zero attached hydrogens (tertiary/aromatic N) is 2. The number of rotatable bonds is 5. The molecule has 3 rings (SSSR count). The number of anilines is 2. The molecule has 1 aromatic heterocycles. The number of esters is 1. The normalized spacial score (nSPS) is 10.6. The molecule has 0 aliphatic heterocycles. The van der Waals surface area contributed by atoms with Crippen molar-refractivity contribution >= 4 is 34.0 Å². The van der Waals surface area contributed by atoms with E-state index in [2.05, 4.69) is 4.98 Å². The number of thiazole rings is 1. The first-order valence-electron chi connectivity index (χ1n) is 7.98. The van der Waals surface area contributed by atoms with Crippen molar-refractivity contribution in [1.82, 2.24) is 4.98 Å². The molecular weight excluding hydrogens is 393 g/mol. The molecule has 0 N–H and O–H groups in total. The molecule has 1 heterocycles. The number of ether oxygens (including phenoxy) is 1. The number of hydrogen-bond donors (Lipinski definition) is 0. The molecule has 0 spiro atoms. The lowest BCUT2D eigenvalue weighted by molar-refractivity contribution is -0.115. The Hall–Kier alpha value is -3.20. The SMILES string of the molecule is CC(=O)N(c1nc(COC(=O)c2cc(F)cc(F)c2)cs1)c1ccccc1F. The highest BCUT2D eigenvalue weighted by Crippen LogP contribution is 2.30. The van der Waals surface area contributed by atoms with Crippen molar-refractivity contribution in [2.45, 2.75) is 13.5 Å². The summed E-state index contributed by atoms with van der Waals surface area (Å²) < 4.78 is 45.4. The second kappa shape index (κ2) is 8.22. The van der Waals surface area contributed by atoms with Crippen LogP contribution in [0.5, 0.6) is 0 Å². The lowest BCUT2D eigenvalue weighted by Crippen LogP contribution is -2.23. The Labute approximate surface area is 162 Å². The predicted octanol–water partition coefficient (Wildman–Crippen LogP) is 4.60. The fourth-order valence-electron chi connectivity index (χ4n) is 2.40. The minimum absolute atomic E-state index is 0.0446. The van der Waals surface area contributed by atoms with E-state index in [1.165, 1.54) is 30.5 Å². The van der Waals surface area contributed by atoms with Gasteiger partial charge in [0.25, 0.3) is 0 Å². The smallest absolute Gasteiger partial charge is 0.338 e. The number of carbonyl (C=O) groups excluding carboxylic acids is 2. The van der Waals surface area contributed by atoms with Crippen molar-refractivity contribution in [3.8, 4) is 0 Å². The Morgan fingerprint density at radius 2 is 1.79 bits per heavy atom. The Bertz CT molecular complexity index is 1020. The molecule has 0 fully saturated rings. The van der Waals surface area contributed by atoms with Gasteiger partial charge in [-0.25, -0.2) is 22.9 Å². The van der Waals surface area contributed by atoms with E-state index in [-0.39, 0.29) is 23.0 Å². The number of hydrogen-bond acceptors (Lipinski definition) is 5. The summed E-state index contributed by atoms with van der Waals surface area (Å²) in [5, 5.41) is 1.73. The highest BCUT2D eigenvalue weighted by atomic mass is 32.1. The third-order valence-corrected chi connectivity index (χ3v) is 4.46. The van der Waals surface area contributed by atoms with Crippen molar-refractivity contribution in [3.63, 3.8) is 0 Å². The molecule has 1 amide bonds. The molecule has 144 valence electrons. The number of aromatic nitrogens is 1. The van der Waals surface area contributed by atoms with Crippen LogP contribution in [0, 0.1) is 17.5 Å². The molecule has 0 radical (unpaired) electrons. The predicted molar refractivity (Wildman–Crippen MR) is 96.8 cm³/mol. The summed E-state index contributed by atoms with van der Waals surface area (Å²) in [6.07, 6.45) is 0. The summed E-state index contributed by atoms with van der Waals surface area (Å²) in [7, 11) is 0. The second-order valence-electron chi connectivity index (χ2n) is 5.66. The van der Waals surface area contributed by atoms with Crippen LogP contribution in [0.15, 0.2) is 47.8 Å². The van der Waals surface area contributed by atoms with E-state index in [0.717, 1.165) is 28.4 Å². The molecule has 0 unspecified atom stereocenters. The number of halogens is 3. The van der Waals surface area contributed by atoms with E-state index in [9.17, 15) is 22.8 Å². The topological polar surface area (TPSA) is 59.5 Å². The van der Waals surface area contributed by atoms with Gasteiger partial charge in [0.1, 0.15) is 24.1 Å². The highest BCUT2D eigenvalue weighted by Gasteiger charge is 2.21. The Morgan fingerprint density at radius 1 is 1.11 bits per heavy atom.